The van der Waals surface area contributed by atoms with E-state index in [2.05, 4.69) is 19.2 Å². The molecule has 5 nitrogen and oxygen atoms in total. The highest BCUT2D eigenvalue weighted by molar-refractivity contribution is 5.39. The number of nitrogens with one attached hydrogen (secondary N) is 1. The van der Waals surface area contributed by atoms with E-state index in [-0.39, 0.29) is 18.2 Å². The van der Waals surface area contributed by atoms with Crippen molar-refractivity contribution >= 4 is 0 Å². The summed E-state index contributed by atoms with van der Waals surface area (Å²) in [6.45, 7) is 5.63. The number of rotatable bonds is 7. The van der Waals surface area contributed by atoms with Crippen molar-refractivity contribution < 1.29 is 19.3 Å². The maximum Gasteiger partial charge on any atom is 0.161 e. The van der Waals surface area contributed by atoms with Crippen LogP contribution in [0, 0.1) is 0 Å². The van der Waals surface area contributed by atoms with Gasteiger partial charge in [-0.3, -0.25) is 0 Å². The zero-order valence-corrected chi connectivity index (χ0v) is 13.0. The SMILES string of the molecule is COc1ccccc1OCC(O)CNC1(C)CCOC1C. The van der Waals surface area contributed by atoms with Crippen LogP contribution in [0.1, 0.15) is 20.3 Å². The third-order valence-electron chi connectivity index (χ3n) is 4.13. The van der Waals surface area contributed by atoms with E-state index in [1.54, 1.807) is 7.11 Å². The minimum atomic E-state index is -0.584. The van der Waals surface area contributed by atoms with Crippen molar-refractivity contribution in [3.8, 4) is 11.5 Å². The van der Waals surface area contributed by atoms with Gasteiger partial charge in [0.2, 0.25) is 0 Å². The molecular formula is C16H25NO4. The molecule has 0 amide bonds. The first kappa shape index (κ1) is 16.1. The summed E-state index contributed by atoms with van der Waals surface area (Å²) >= 11 is 0. The lowest BCUT2D eigenvalue weighted by Crippen LogP contribution is -2.51. The van der Waals surface area contributed by atoms with E-state index in [1.807, 2.05) is 24.3 Å². The number of hydrogen-bond acceptors (Lipinski definition) is 5. The fourth-order valence-corrected chi connectivity index (χ4v) is 2.40. The fraction of sp³-hybridized carbons (Fsp3) is 0.625. The third-order valence-corrected chi connectivity index (χ3v) is 4.13. The lowest BCUT2D eigenvalue weighted by atomic mass is 9.94. The summed E-state index contributed by atoms with van der Waals surface area (Å²) in [7, 11) is 1.60. The molecule has 1 saturated heterocycles. The van der Waals surface area contributed by atoms with Gasteiger partial charge >= 0.3 is 0 Å². The van der Waals surface area contributed by atoms with Crippen LogP contribution in [0.3, 0.4) is 0 Å². The molecule has 1 aliphatic heterocycles. The minimum Gasteiger partial charge on any atom is -0.493 e. The molecule has 0 saturated carbocycles. The maximum absolute atomic E-state index is 10.1. The standard InChI is InChI=1S/C16H25NO4/c1-12-16(2,8-9-20-12)17-10-13(18)11-21-15-7-5-4-6-14(15)19-3/h4-7,12-13,17-18H,8-11H2,1-3H3. The zero-order valence-electron chi connectivity index (χ0n) is 13.0. The van der Waals surface area contributed by atoms with Crippen LogP contribution >= 0.6 is 0 Å². The molecular weight excluding hydrogens is 270 g/mol. The summed E-state index contributed by atoms with van der Waals surface area (Å²) in [5.74, 6) is 1.31. The Morgan fingerprint density at radius 2 is 2.14 bits per heavy atom. The third kappa shape index (κ3) is 4.09. The molecule has 1 fully saturated rings. The highest BCUT2D eigenvalue weighted by Gasteiger charge is 2.36. The molecule has 0 radical (unpaired) electrons. The molecule has 0 aromatic heterocycles. The molecule has 5 heteroatoms. The van der Waals surface area contributed by atoms with Gasteiger partial charge in [0.15, 0.2) is 11.5 Å². The molecule has 2 rings (SSSR count). The topological polar surface area (TPSA) is 60.0 Å². The number of para-hydroxylation sites is 2. The Balaban J connectivity index is 1.78. The van der Waals surface area contributed by atoms with E-state index >= 15 is 0 Å². The Morgan fingerprint density at radius 1 is 1.43 bits per heavy atom. The lowest BCUT2D eigenvalue weighted by molar-refractivity contribution is 0.0682. The van der Waals surface area contributed by atoms with Gasteiger partial charge in [0, 0.05) is 18.7 Å². The zero-order chi connectivity index (χ0) is 15.3. The maximum atomic E-state index is 10.1. The molecule has 0 spiro atoms. The van der Waals surface area contributed by atoms with Crippen molar-refractivity contribution in [3.63, 3.8) is 0 Å². The van der Waals surface area contributed by atoms with E-state index < -0.39 is 6.10 Å². The first-order valence-electron chi connectivity index (χ1n) is 7.35. The van der Waals surface area contributed by atoms with Gasteiger partial charge in [-0.15, -0.1) is 0 Å². The van der Waals surface area contributed by atoms with Gasteiger partial charge in [-0.1, -0.05) is 12.1 Å². The van der Waals surface area contributed by atoms with Crippen LogP contribution in [-0.2, 0) is 4.74 Å². The van der Waals surface area contributed by atoms with Gasteiger partial charge in [0.25, 0.3) is 0 Å². The number of benzene rings is 1. The molecule has 3 unspecified atom stereocenters. The fourth-order valence-electron chi connectivity index (χ4n) is 2.40. The van der Waals surface area contributed by atoms with Gasteiger partial charge in [0.05, 0.1) is 13.2 Å². The summed E-state index contributed by atoms with van der Waals surface area (Å²) in [5.41, 5.74) is -0.0780. The normalized spacial score (nSPS) is 26.6. The van der Waals surface area contributed by atoms with Gasteiger partial charge in [-0.2, -0.15) is 0 Å². The summed E-state index contributed by atoms with van der Waals surface area (Å²) in [4.78, 5) is 0. The van der Waals surface area contributed by atoms with Gasteiger partial charge in [0.1, 0.15) is 12.7 Å². The molecule has 0 aliphatic carbocycles. The number of aliphatic hydroxyl groups excluding tert-OH is 1. The van der Waals surface area contributed by atoms with E-state index in [9.17, 15) is 5.11 Å². The van der Waals surface area contributed by atoms with Crippen LogP contribution < -0.4 is 14.8 Å². The average molecular weight is 295 g/mol. The smallest absolute Gasteiger partial charge is 0.161 e. The molecule has 1 aromatic rings. The summed E-state index contributed by atoms with van der Waals surface area (Å²) in [6.07, 6.45) is 0.521. The first-order valence-corrected chi connectivity index (χ1v) is 7.35. The van der Waals surface area contributed by atoms with Crippen molar-refractivity contribution in [1.82, 2.24) is 5.32 Å². The second-order valence-corrected chi connectivity index (χ2v) is 5.68. The van der Waals surface area contributed by atoms with Gasteiger partial charge in [-0.05, 0) is 32.4 Å². The Kier molecular flexibility index (Phi) is 5.45. The molecule has 1 heterocycles. The van der Waals surface area contributed by atoms with Crippen LogP contribution in [0.2, 0.25) is 0 Å². The number of ether oxygens (including phenoxy) is 3. The number of β-amino-alcohol motifs (C(OH)–C–C–N with tert-alkyl or cyclic N) is 1. The number of aliphatic hydroxyl groups is 1. The van der Waals surface area contributed by atoms with E-state index in [0.29, 0.717) is 18.0 Å². The second kappa shape index (κ2) is 7.11. The summed E-state index contributed by atoms with van der Waals surface area (Å²) in [6, 6.07) is 7.42. The highest BCUT2D eigenvalue weighted by Crippen LogP contribution is 2.26. The van der Waals surface area contributed by atoms with Gasteiger partial charge < -0.3 is 24.6 Å². The Hall–Kier alpha value is -1.30. The lowest BCUT2D eigenvalue weighted by Gasteiger charge is -2.30. The largest absolute Gasteiger partial charge is 0.493 e. The summed E-state index contributed by atoms with van der Waals surface area (Å²) in [5, 5.41) is 13.5. The molecule has 118 valence electrons. The monoisotopic (exact) mass is 295 g/mol. The molecule has 1 aromatic carbocycles. The van der Waals surface area contributed by atoms with Gasteiger partial charge in [-0.25, -0.2) is 0 Å². The van der Waals surface area contributed by atoms with Crippen molar-refractivity contribution in [3.05, 3.63) is 24.3 Å². The van der Waals surface area contributed by atoms with E-state index in [4.69, 9.17) is 14.2 Å². The van der Waals surface area contributed by atoms with Crippen LogP contribution in [-0.4, -0.2) is 49.7 Å². The quantitative estimate of drug-likeness (QED) is 0.800. The highest BCUT2D eigenvalue weighted by atomic mass is 16.5. The van der Waals surface area contributed by atoms with Crippen molar-refractivity contribution in [2.24, 2.45) is 0 Å². The average Bonchev–Trinajstić information content (AvgIpc) is 2.83. The van der Waals surface area contributed by atoms with E-state index in [0.717, 1.165) is 13.0 Å². The Morgan fingerprint density at radius 3 is 2.76 bits per heavy atom. The van der Waals surface area contributed by atoms with E-state index in [1.165, 1.54) is 0 Å². The Bertz CT molecular complexity index is 454. The molecule has 1 aliphatic rings. The molecule has 21 heavy (non-hydrogen) atoms. The van der Waals surface area contributed by atoms with Crippen molar-refractivity contribution in [2.45, 2.75) is 38.0 Å². The number of hydrogen-bond donors (Lipinski definition) is 2. The Labute approximate surface area is 126 Å². The second-order valence-electron chi connectivity index (χ2n) is 5.68. The van der Waals surface area contributed by atoms with Crippen molar-refractivity contribution in [2.75, 3.05) is 26.9 Å². The predicted octanol–water partition coefficient (Wildman–Crippen LogP) is 1.59. The van der Waals surface area contributed by atoms with Crippen LogP contribution in [0.25, 0.3) is 0 Å². The molecule has 0 bridgehead atoms. The predicted molar refractivity (Wildman–Crippen MR) is 80.9 cm³/mol. The first-order chi connectivity index (χ1) is 10.0. The van der Waals surface area contributed by atoms with Crippen LogP contribution in [0.4, 0.5) is 0 Å². The summed E-state index contributed by atoms with van der Waals surface area (Å²) < 4.78 is 16.4. The molecule has 2 N–H and O–H groups in total. The minimum absolute atomic E-state index is 0.0780. The van der Waals surface area contributed by atoms with Crippen LogP contribution in [0.15, 0.2) is 24.3 Å². The van der Waals surface area contributed by atoms with Crippen molar-refractivity contribution in [1.29, 1.82) is 0 Å². The van der Waals surface area contributed by atoms with Crippen LogP contribution in [0.5, 0.6) is 11.5 Å². The number of methoxy groups -OCH3 is 1. The molecule has 3 atom stereocenters.